The van der Waals surface area contributed by atoms with Crippen LogP contribution in [0.4, 0.5) is 0 Å². The van der Waals surface area contributed by atoms with Gasteiger partial charge in [0.15, 0.2) is 0 Å². The molecule has 1 unspecified atom stereocenters. The molecule has 1 aromatic heterocycles. The van der Waals surface area contributed by atoms with E-state index in [2.05, 4.69) is 17.2 Å². The number of hydrogen-bond donors (Lipinski definition) is 1. The molecule has 0 spiro atoms. The predicted octanol–water partition coefficient (Wildman–Crippen LogP) is 0.690. The van der Waals surface area contributed by atoms with Crippen molar-refractivity contribution in [1.82, 2.24) is 15.2 Å². The number of likely N-dealkylation sites (N-methyl/N-ethyl adjacent to an activating group) is 1. The van der Waals surface area contributed by atoms with E-state index in [9.17, 15) is 4.79 Å². The van der Waals surface area contributed by atoms with Crippen LogP contribution in [0, 0.1) is 0 Å². The number of carbonyl (C=O) groups excluding carboxylic acids is 1. The highest BCUT2D eigenvalue weighted by Gasteiger charge is 2.07. The molecule has 0 radical (unpaired) electrons. The molecule has 0 fully saturated rings. The van der Waals surface area contributed by atoms with Gasteiger partial charge in [0.1, 0.15) is 0 Å². The Morgan fingerprint density at radius 2 is 2.06 bits per heavy atom. The van der Waals surface area contributed by atoms with Gasteiger partial charge >= 0.3 is 0 Å². The fraction of sp³-hybridized carbons (Fsp3) is 0.500. The molecule has 4 nitrogen and oxygen atoms in total. The van der Waals surface area contributed by atoms with E-state index in [1.807, 2.05) is 12.1 Å². The summed E-state index contributed by atoms with van der Waals surface area (Å²) in [5.74, 6) is 0.0987. The quantitative estimate of drug-likeness (QED) is 0.795. The minimum Gasteiger partial charge on any atom is -0.348 e. The minimum atomic E-state index is 0.0987. The maximum atomic E-state index is 11.4. The molecular weight excluding hydrogens is 202 g/mol. The summed E-state index contributed by atoms with van der Waals surface area (Å²) in [6.07, 6.45) is 4.48. The van der Waals surface area contributed by atoms with E-state index < -0.39 is 0 Å². The second kappa shape index (κ2) is 6.23. The molecule has 1 heterocycles. The van der Waals surface area contributed by atoms with Gasteiger partial charge in [0.25, 0.3) is 0 Å². The van der Waals surface area contributed by atoms with Crippen molar-refractivity contribution < 1.29 is 4.79 Å². The monoisotopic (exact) mass is 221 g/mol. The van der Waals surface area contributed by atoms with E-state index in [0.717, 1.165) is 6.42 Å². The van der Waals surface area contributed by atoms with Gasteiger partial charge in [-0.05, 0) is 31.0 Å². The molecule has 1 atom stereocenters. The van der Waals surface area contributed by atoms with Crippen LogP contribution in [0.25, 0.3) is 0 Å². The van der Waals surface area contributed by atoms with E-state index >= 15 is 0 Å². The van der Waals surface area contributed by atoms with E-state index in [4.69, 9.17) is 0 Å². The van der Waals surface area contributed by atoms with Crippen LogP contribution in [0.2, 0.25) is 0 Å². The maximum absolute atomic E-state index is 11.4. The summed E-state index contributed by atoms with van der Waals surface area (Å²) in [6.45, 7) is 2.46. The topological polar surface area (TPSA) is 45.2 Å². The number of hydrogen-bond acceptors (Lipinski definition) is 3. The summed E-state index contributed by atoms with van der Waals surface area (Å²) < 4.78 is 0. The molecule has 1 rings (SSSR count). The summed E-state index contributed by atoms with van der Waals surface area (Å²) in [7, 11) is 3.52. The zero-order valence-corrected chi connectivity index (χ0v) is 10.1. The smallest absolute Gasteiger partial charge is 0.236 e. The summed E-state index contributed by atoms with van der Waals surface area (Å²) in [6, 6.07) is 4.27. The average molecular weight is 221 g/mol. The lowest BCUT2D eigenvalue weighted by molar-refractivity contribution is -0.127. The standard InChI is InChI=1S/C12H19N3O/c1-10(14-9-12(16)15(2)3)8-11-4-6-13-7-5-11/h4-7,10,14H,8-9H2,1-3H3. The Hall–Kier alpha value is -1.42. The van der Waals surface area contributed by atoms with Gasteiger partial charge in [-0.1, -0.05) is 0 Å². The molecule has 0 saturated carbocycles. The first-order valence-electron chi connectivity index (χ1n) is 5.42. The van der Waals surface area contributed by atoms with Crippen molar-refractivity contribution in [2.75, 3.05) is 20.6 Å². The molecule has 1 N–H and O–H groups in total. The number of amides is 1. The lowest BCUT2D eigenvalue weighted by Crippen LogP contribution is -2.38. The van der Waals surface area contributed by atoms with Gasteiger partial charge in [0.2, 0.25) is 5.91 Å². The molecule has 0 saturated heterocycles. The summed E-state index contributed by atoms with van der Waals surface area (Å²) in [4.78, 5) is 16.9. The molecule has 0 aliphatic heterocycles. The van der Waals surface area contributed by atoms with Gasteiger partial charge in [-0.3, -0.25) is 9.78 Å². The highest BCUT2D eigenvalue weighted by molar-refractivity contribution is 5.77. The van der Waals surface area contributed by atoms with Crippen molar-refractivity contribution in [1.29, 1.82) is 0 Å². The minimum absolute atomic E-state index is 0.0987. The average Bonchev–Trinajstić information content (AvgIpc) is 2.27. The van der Waals surface area contributed by atoms with E-state index in [1.54, 1.807) is 31.4 Å². The third kappa shape index (κ3) is 4.40. The van der Waals surface area contributed by atoms with Crippen molar-refractivity contribution in [2.24, 2.45) is 0 Å². The molecular formula is C12H19N3O. The van der Waals surface area contributed by atoms with Crippen LogP contribution in [0.3, 0.4) is 0 Å². The third-order valence-corrected chi connectivity index (χ3v) is 2.39. The first kappa shape index (κ1) is 12.6. The number of nitrogens with one attached hydrogen (secondary N) is 1. The second-order valence-corrected chi connectivity index (χ2v) is 4.13. The molecule has 88 valence electrons. The van der Waals surface area contributed by atoms with E-state index in [1.165, 1.54) is 5.56 Å². The Balaban J connectivity index is 2.31. The molecule has 1 amide bonds. The van der Waals surface area contributed by atoms with E-state index in [-0.39, 0.29) is 11.9 Å². The van der Waals surface area contributed by atoms with Gasteiger partial charge in [-0.25, -0.2) is 0 Å². The van der Waals surface area contributed by atoms with Crippen LogP contribution in [-0.2, 0) is 11.2 Å². The van der Waals surface area contributed by atoms with E-state index in [0.29, 0.717) is 6.54 Å². The fourth-order valence-corrected chi connectivity index (χ4v) is 1.36. The number of carbonyl (C=O) groups is 1. The van der Waals surface area contributed by atoms with Gasteiger partial charge in [-0.15, -0.1) is 0 Å². The lowest BCUT2D eigenvalue weighted by Gasteiger charge is -2.15. The fourth-order valence-electron chi connectivity index (χ4n) is 1.36. The molecule has 0 bridgehead atoms. The van der Waals surface area contributed by atoms with Crippen LogP contribution < -0.4 is 5.32 Å². The van der Waals surface area contributed by atoms with Crippen molar-refractivity contribution in [3.63, 3.8) is 0 Å². The molecule has 0 aromatic carbocycles. The van der Waals surface area contributed by atoms with Crippen LogP contribution in [0.5, 0.6) is 0 Å². The van der Waals surface area contributed by atoms with Crippen LogP contribution in [0.15, 0.2) is 24.5 Å². The molecule has 16 heavy (non-hydrogen) atoms. The maximum Gasteiger partial charge on any atom is 0.236 e. The first-order valence-corrected chi connectivity index (χ1v) is 5.42. The Morgan fingerprint density at radius 1 is 1.44 bits per heavy atom. The largest absolute Gasteiger partial charge is 0.348 e. The van der Waals surface area contributed by atoms with Crippen LogP contribution in [-0.4, -0.2) is 42.5 Å². The zero-order chi connectivity index (χ0) is 12.0. The lowest BCUT2D eigenvalue weighted by atomic mass is 10.1. The Morgan fingerprint density at radius 3 is 2.62 bits per heavy atom. The number of rotatable bonds is 5. The first-order chi connectivity index (χ1) is 7.59. The van der Waals surface area contributed by atoms with Crippen molar-refractivity contribution in [2.45, 2.75) is 19.4 Å². The molecule has 0 aliphatic rings. The number of aromatic nitrogens is 1. The highest BCUT2D eigenvalue weighted by Crippen LogP contribution is 2.00. The Labute approximate surface area is 96.7 Å². The summed E-state index contributed by atoms with van der Waals surface area (Å²) in [5.41, 5.74) is 1.23. The Kier molecular flexibility index (Phi) is 4.92. The van der Waals surface area contributed by atoms with Gasteiger partial charge in [-0.2, -0.15) is 0 Å². The van der Waals surface area contributed by atoms with Crippen LogP contribution >= 0.6 is 0 Å². The highest BCUT2D eigenvalue weighted by atomic mass is 16.2. The predicted molar refractivity (Wildman–Crippen MR) is 64.1 cm³/mol. The van der Waals surface area contributed by atoms with Gasteiger partial charge in [0, 0.05) is 32.5 Å². The zero-order valence-electron chi connectivity index (χ0n) is 10.1. The van der Waals surface area contributed by atoms with Crippen molar-refractivity contribution >= 4 is 5.91 Å². The number of pyridine rings is 1. The Bertz CT molecular complexity index is 324. The number of nitrogens with zero attached hydrogens (tertiary/aromatic N) is 2. The second-order valence-electron chi connectivity index (χ2n) is 4.13. The molecule has 1 aromatic rings. The SMILES string of the molecule is CC(Cc1ccncc1)NCC(=O)N(C)C. The normalized spacial score (nSPS) is 12.2. The summed E-state index contributed by atoms with van der Waals surface area (Å²) in [5, 5.41) is 3.20. The van der Waals surface area contributed by atoms with Gasteiger partial charge < -0.3 is 10.2 Å². The third-order valence-electron chi connectivity index (χ3n) is 2.39. The molecule has 4 heteroatoms. The van der Waals surface area contributed by atoms with Crippen molar-refractivity contribution in [3.05, 3.63) is 30.1 Å². The van der Waals surface area contributed by atoms with Gasteiger partial charge in [0.05, 0.1) is 6.54 Å². The van der Waals surface area contributed by atoms with Crippen LogP contribution in [0.1, 0.15) is 12.5 Å². The summed E-state index contributed by atoms with van der Waals surface area (Å²) >= 11 is 0. The molecule has 0 aliphatic carbocycles. The van der Waals surface area contributed by atoms with Crippen molar-refractivity contribution in [3.8, 4) is 0 Å².